The molecular weight excluding hydrogens is 356 g/mol. The van der Waals surface area contributed by atoms with Crippen molar-refractivity contribution in [2.75, 3.05) is 21.3 Å². The van der Waals surface area contributed by atoms with Gasteiger partial charge in [0.05, 0.1) is 17.3 Å². The van der Waals surface area contributed by atoms with E-state index in [0.717, 1.165) is 31.3 Å². The van der Waals surface area contributed by atoms with Crippen LogP contribution in [0.25, 0.3) is 0 Å². The fourth-order valence-electron chi connectivity index (χ4n) is 4.54. The van der Waals surface area contributed by atoms with Gasteiger partial charge < -0.3 is 23.7 Å². The summed E-state index contributed by atoms with van der Waals surface area (Å²) in [4.78, 5) is 0. The van der Waals surface area contributed by atoms with Crippen molar-refractivity contribution < 1.29 is 23.7 Å². The quantitative estimate of drug-likeness (QED) is 0.513. The van der Waals surface area contributed by atoms with Crippen molar-refractivity contribution in [2.45, 2.75) is 76.3 Å². The summed E-state index contributed by atoms with van der Waals surface area (Å²) in [5, 5.41) is 0. The van der Waals surface area contributed by atoms with Crippen LogP contribution in [-0.2, 0) is 23.7 Å². The number of allylic oxidation sites excluding steroid dienone is 2. The molecule has 28 heavy (non-hydrogen) atoms. The van der Waals surface area contributed by atoms with Crippen LogP contribution in [0.3, 0.4) is 0 Å². The average molecular weight is 393 g/mol. The summed E-state index contributed by atoms with van der Waals surface area (Å²) in [6, 6.07) is 0. The van der Waals surface area contributed by atoms with E-state index in [2.05, 4.69) is 25.7 Å². The van der Waals surface area contributed by atoms with Crippen molar-refractivity contribution >= 4 is 0 Å². The lowest BCUT2D eigenvalue weighted by molar-refractivity contribution is -0.256. The molecule has 3 aliphatic rings. The molecule has 2 saturated heterocycles. The second kappa shape index (κ2) is 8.41. The van der Waals surface area contributed by atoms with Crippen LogP contribution < -0.4 is 0 Å². The molecule has 0 bridgehead atoms. The fourth-order valence-corrected chi connectivity index (χ4v) is 4.54. The standard InChI is InChI=1S/C23H36O5/c1-15-10-11-18-23(4,28-18)14-12-16-17(9-8-13-22(2,3)26-7)20(24-5)27-21(25-6)19(15)16/h8-9,13,16,18-21H,1,10-12,14H2,2-7H3. The molecule has 0 aromatic heterocycles. The number of hydrogen-bond acceptors (Lipinski definition) is 5. The molecule has 1 aliphatic carbocycles. The molecule has 0 spiro atoms. The third kappa shape index (κ3) is 4.44. The molecule has 6 unspecified atom stereocenters. The first kappa shape index (κ1) is 21.7. The minimum atomic E-state index is -0.432. The minimum absolute atomic E-state index is 0.00238. The zero-order valence-corrected chi connectivity index (χ0v) is 18.2. The van der Waals surface area contributed by atoms with Gasteiger partial charge in [-0.3, -0.25) is 0 Å². The molecule has 6 atom stereocenters. The van der Waals surface area contributed by atoms with E-state index in [1.165, 1.54) is 5.57 Å². The lowest BCUT2D eigenvalue weighted by Gasteiger charge is -2.43. The largest absolute Gasteiger partial charge is 0.375 e. The van der Waals surface area contributed by atoms with Gasteiger partial charge in [0.2, 0.25) is 0 Å². The van der Waals surface area contributed by atoms with Gasteiger partial charge in [0.1, 0.15) is 0 Å². The highest BCUT2D eigenvalue weighted by atomic mass is 16.8. The van der Waals surface area contributed by atoms with Gasteiger partial charge in [-0.15, -0.1) is 0 Å². The molecule has 0 aromatic carbocycles. The Morgan fingerprint density at radius 3 is 2.57 bits per heavy atom. The fraction of sp³-hybridized carbons (Fsp3) is 0.739. The van der Waals surface area contributed by atoms with Gasteiger partial charge in [0, 0.05) is 27.2 Å². The first-order valence-electron chi connectivity index (χ1n) is 10.3. The van der Waals surface area contributed by atoms with Crippen molar-refractivity contribution in [3.05, 3.63) is 36.0 Å². The van der Waals surface area contributed by atoms with E-state index < -0.39 is 6.29 Å². The predicted molar refractivity (Wildman–Crippen MR) is 109 cm³/mol. The van der Waals surface area contributed by atoms with E-state index in [1.807, 2.05) is 19.9 Å². The molecular formula is C23H36O5. The Hall–Kier alpha value is -0.980. The van der Waals surface area contributed by atoms with Crippen molar-refractivity contribution in [2.24, 2.45) is 11.8 Å². The minimum Gasteiger partial charge on any atom is -0.375 e. The maximum absolute atomic E-state index is 6.18. The highest BCUT2D eigenvalue weighted by Crippen LogP contribution is 2.51. The Morgan fingerprint density at radius 1 is 1.18 bits per heavy atom. The third-order valence-corrected chi connectivity index (χ3v) is 6.63. The van der Waals surface area contributed by atoms with E-state index in [1.54, 1.807) is 21.3 Å². The molecule has 0 N–H and O–H groups in total. The van der Waals surface area contributed by atoms with E-state index in [9.17, 15) is 0 Å². The third-order valence-electron chi connectivity index (χ3n) is 6.63. The molecule has 2 heterocycles. The normalized spacial score (nSPS) is 40.6. The molecule has 0 radical (unpaired) electrons. The van der Waals surface area contributed by atoms with E-state index in [4.69, 9.17) is 23.7 Å². The molecule has 3 rings (SSSR count). The van der Waals surface area contributed by atoms with Crippen LogP contribution in [0, 0.1) is 11.8 Å². The van der Waals surface area contributed by atoms with Crippen LogP contribution in [0.4, 0.5) is 0 Å². The Kier molecular flexibility index (Phi) is 6.52. The van der Waals surface area contributed by atoms with Crippen molar-refractivity contribution in [1.29, 1.82) is 0 Å². The first-order valence-corrected chi connectivity index (χ1v) is 10.3. The summed E-state index contributed by atoms with van der Waals surface area (Å²) >= 11 is 0. The summed E-state index contributed by atoms with van der Waals surface area (Å²) in [6.07, 6.45) is 9.75. The number of ether oxygens (including phenoxy) is 5. The zero-order valence-electron chi connectivity index (χ0n) is 18.2. The molecule has 158 valence electrons. The summed E-state index contributed by atoms with van der Waals surface area (Å²) in [7, 11) is 5.10. The highest BCUT2D eigenvalue weighted by molar-refractivity contribution is 5.26. The SMILES string of the molecule is C=C1CCC2OC2(C)CCC2C(=CC=CC(C)(C)OC)C(OC)OC(OC)C12. The Morgan fingerprint density at radius 2 is 1.93 bits per heavy atom. The Labute approximate surface area is 169 Å². The van der Waals surface area contributed by atoms with Crippen LogP contribution in [0.5, 0.6) is 0 Å². The van der Waals surface area contributed by atoms with E-state index in [0.29, 0.717) is 6.10 Å². The lowest BCUT2D eigenvalue weighted by Crippen LogP contribution is -2.45. The molecule has 0 aromatic rings. The van der Waals surface area contributed by atoms with Crippen molar-refractivity contribution in [1.82, 2.24) is 0 Å². The summed E-state index contributed by atoms with van der Waals surface area (Å²) in [6.45, 7) is 10.7. The van der Waals surface area contributed by atoms with E-state index in [-0.39, 0.29) is 29.3 Å². The summed E-state index contributed by atoms with van der Waals surface area (Å²) in [5.74, 6) is 0.360. The van der Waals surface area contributed by atoms with Gasteiger partial charge in [-0.1, -0.05) is 30.4 Å². The van der Waals surface area contributed by atoms with Gasteiger partial charge in [0.25, 0.3) is 0 Å². The van der Waals surface area contributed by atoms with Gasteiger partial charge >= 0.3 is 0 Å². The summed E-state index contributed by atoms with van der Waals surface area (Å²) < 4.78 is 29.1. The maximum atomic E-state index is 6.18. The predicted octanol–water partition coefficient (Wildman–Crippen LogP) is 4.39. The molecule has 0 amide bonds. The first-order chi connectivity index (χ1) is 13.2. The monoisotopic (exact) mass is 392 g/mol. The van der Waals surface area contributed by atoms with Gasteiger partial charge in [-0.25, -0.2) is 0 Å². The van der Waals surface area contributed by atoms with Crippen LogP contribution >= 0.6 is 0 Å². The van der Waals surface area contributed by atoms with Crippen molar-refractivity contribution in [3.63, 3.8) is 0 Å². The number of methoxy groups -OCH3 is 3. The zero-order chi connectivity index (χ0) is 20.5. The maximum Gasteiger partial charge on any atom is 0.183 e. The number of epoxide rings is 1. The Bertz CT molecular complexity index is 637. The smallest absolute Gasteiger partial charge is 0.183 e. The molecule has 1 saturated carbocycles. The van der Waals surface area contributed by atoms with Gasteiger partial charge in [-0.05, 0) is 57.9 Å². The number of rotatable bonds is 5. The lowest BCUT2D eigenvalue weighted by atomic mass is 9.75. The average Bonchev–Trinajstić information content (AvgIpc) is 3.32. The number of hydrogen-bond donors (Lipinski definition) is 0. The van der Waals surface area contributed by atoms with Crippen LogP contribution in [0.15, 0.2) is 36.0 Å². The summed E-state index contributed by atoms with van der Waals surface area (Å²) in [5.41, 5.74) is 1.98. The molecule has 5 heteroatoms. The second-order valence-electron chi connectivity index (χ2n) is 8.93. The second-order valence-corrected chi connectivity index (χ2v) is 8.93. The van der Waals surface area contributed by atoms with Gasteiger partial charge in [0.15, 0.2) is 12.6 Å². The van der Waals surface area contributed by atoms with Crippen LogP contribution in [0.2, 0.25) is 0 Å². The van der Waals surface area contributed by atoms with Gasteiger partial charge in [-0.2, -0.15) is 0 Å². The topological polar surface area (TPSA) is 49.5 Å². The van der Waals surface area contributed by atoms with Crippen LogP contribution in [0.1, 0.15) is 46.5 Å². The number of fused-ring (bicyclic) bond motifs is 2. The Balaban J connectivity index is 1.94. The molecule has 2 aliphatic heterocycles. The van der Waals surface area contributed by atoms with Crippen molar-refractivity contribution in [3.8, 4) is 0 Å². The molecule has 3 fully saturated rings. The highest BCUT2D eigenvalue weighted by Gasteiger charge is 2.54. The molecule has 5 nitrogen and oxygen atoms in total. The van der Waals surface area contributed by atoms with Crippen LogP contribution in [-0.4, -0.2) is 51.2 Å². The van der Waals surface area contributed by atoms with E-state index >= 15 is 0 Å².